The van der Waals surface area contributed by atoms with E-state index in [9.17, 15) is 14.0 Å². The Morgan fingerprint density at radius 3 is 2.72 bits per heavy atom. The van der Waals surface area contributed by atoms with E-state index in [4.69, 9.17) is 11.6 Å². The number of benzene rings is 1. The van der Waals surface area contributed by atoms with Gasteiger partial charge in [0, 0.05) is 4.47 Å². The summed E-state index contributed by atoms with van der Waals surface area (Å²) in [5.74, 6) is -1.19. The van der Waals surface area contributed by atoms with E-state index < -0.39 is 22.2 Å². The number of hydrogen-bond acceptors (Lipinski definition) is 2. The van der Waals surface area contributed by atoms with Gasteiger partial charge in [0.1, 0.15) is 0 Å². The molecule has 0 unspecified atom stereocenters. The second-order valence-electron chi connectivity index (χ2n) is 3.61. The van der Waals surface area contributed by atoms with Crippen LogP contribution < -0.4 is 11.2 Å². The van der Waals surface area contributed by atoms with Crippen LogP contribution in [-0.4, -0.2) is 9.55 Å². The second kappa shape index (κ2) is 4.70. The summed E-state index contributed by atoms with van der Waals surface area (Å²) in [6.07, 6.45) is 0. The van der Waals surface area contributed by atoms with Crippen molar-refractivity contribution >= 4 is 27.5 Å². The Bertz CT molecular complexity index is 739. The SMILES string of the molecule is Cc1cccc(-n2c(=O)[nH]c(Cl)c(F)c2=O)c1Br. The molecule has 0 atom stereocenters. The highest BCUT2D eigenvalue weighted by atomic mass is 79.9. The third-order valence-electron chi connectivity index (χ3n) is 2.42. The van der Waals surface area contributed by atoms with E-state index in [2.05, 4.69) is 20.9 Å². The maximum atomic E-state index is 13.4. The molecule has 0 aliphatic carbocycles. The first-order valence-corrected chi connectivity index (χ1v) is 6.06. The summed E-state index contributed by atoms with van der Waals surface area (Å²) in [6.45, 7) is 1.79. The van der Waals surface area contributed by atoms with Gasteiger partial charge in [0.05, 0.1) is 5.69 Å². The molecule has 1 aromatic heterocycles. The molecule has 0 saturated heterocycles. The lowest BCUT2D eigenvalue weighted by Gasteiger charge is -2.09. The van der Waals surface area contributed by atoms with Crippen molar-refractivity contribution in [3.8, 4) is 5.69 Å². The van der Waals surface area contributed by atoms with E-state index in [1.165, 1.54) is 6.07 Å². The van der Waals surface area contributed by atoms with E-state index in [-0.39, 0.29) is 5.69 Å². The normalized spacial score (nSPS) is 10.7. The highest BCUT2D eigenvalue weighted by Crippen LogP contribution is 2.22. The molecule has 0 spiro atoms. The van der Waals surface area contributed by atoms with Crippen LogP contribution in [0, 0.1) is 12.7 Å². The number of aromatic nitrogens is 2. The van der Waals surface area contributed by atoms with Crippen LogP contribution in [0.25, 0.3) is 5.69 Å². The molecule has 0 fully saturated rings. The Morgan fingerprint density at radius 1 is 1.39 bits per heavy atom. The second-order valence-corrected chi connectivity index (χ2v) is 4.78. The van der Waals surface area contributed by atoms with Gasteiger partial charge in [-0.2, -0.15) is 4.39 Å². The van der Waals surface area contributed by atoms with Gasteiger partial charge in [-0.3, -0.25) is 9.78 Å². The number of aryl methyl sites for hydroxylation is 1. The number of aromatic amines is 1. The Balaban J connectivity index is 2.89. The fourth-order valence-corrected chi connectivity index (χ4v) is 2.12. The van der Waals surface area contributed by atoms with Crippen molar-refractivity contribution in [2.24, 2.45) is 0 Å². The largest absolute Gasteiger partial charge is 0.334 e. The van der Waals surface area contributed by atoms with Crippen LogP contribution in [0.2, 0.25) is 5.15 Å². The number of hydrogen-bond donors (Lipinski definition) is 1. The minimum Gasteiger partial charge on any atom is -0.295 e. The van der Waals surface area contributed by atoms with E-state index in [1.807, 2.05) is 0 Å². The van der Waals surface area contributed by atoms with Crippen molar-refractivity contribution in [3.63, 3.8) is 0 Å². The Kier molecular flexibility index (Phi) is 3.41. The van der Waals surface area contributed by atoms with Crippen LogP contribution in [0.4, 0.5) is 4.39 Å². The number of H-pyrrole nitrogens is 1. The predicted octanol–water partition coefficient (Wildman–Crippen LogP) is 2.39. The monoisotopic (exact) mass is 332 g/mol. The molecule has 0 aliphatic heterocycles. The van der Waals surface area contributed by atoms with Crippen molar-refractivity contribution in [2.75, 3.05) is 0 Å². The zero-order valence-corrected chi connectivity index (χ0v) is 11.5. The quantitative estimate of drug-likeness (QED) is 0.815. The van der Waals surface area contributed by atoms with Crippen LogP contribution in [0.3, 0.4) is 0 Å². The van der Waals surface area contributed by atoms with Gasteiger partial charge in [0.2, 0.25) is 5.82 Å². The van der Waals surface area contributed by atoms with E-state index in [0.29, 0.717) is 9.04 Å². The topological polar surface area (TPSA) is 54.9 Å². The fourth-order valence-electron chi connectivity index (χ4n) is 1.51. The zero-order valence-electron chi connectivity index (χ0n) is 9.13. The summed E-state index contributed by atoms with van der Waals surface area (Å²) >= 11 is 8.65. The Hall–Kier alpha value is -1.40. The summed E-state index contributed by atoms with van der Waals surface area (Å²) in [5.41, 5.74) is -0.807. The van der Waals surface area contributed by atoms with Crippen molar-refractivity contribution in [3.05, 3.63) is 60.0 Å². The van der Waals surface area contributed by atoms with Crippen molar-refractivity contribution in [1.29, 1.82) is 0 Å². The van der Waals surface area contributed by atoms with Crippen molar-refractivity contribution in [1.82, 2.24) is 9.55 Å². The van der Waals surface area contributed by atoms with Crippen molar-refractivity contribution < 1.29 is 4.39 Å². The average Bonchev–Trinajstić information content (AvgIpc) is 2.32. The molecule has 94 valence electrons. The minimum atomic E-state index is -1.19. The lowest BCUT2D eigenvalue weighted by atomic mass is 10.2. The van der Waals surface area contributed by atoms with Gasteiger partial charge in [0.15, 0.2) is 5.15 Å². The molecule has 2 rings (SSSR count). The summed E-state index contributed by atoms with van der Waals surface area (Å²) in [7, 11) is 0. The molecule has 0 aliphatic rings. The van der Waals surface area contributed by atoms with Gasteiger partial charge in [-0.05, 0) is 34.5 Å². The third kappa shape index (κ3) is 2.02. The number of nitrogens with zero attached hydrogens (tertiary/aromatic N) is 1. The summed E-state index contributed by atoms with van der Waals surface area (Å²) < 4.78 is 14.7. The highest BCUT2D eigenvalue weighted by molar-refractivity contribution is 9.10. The smallest absolute Gasteiger partial charge is 0.295 e. The summed E-state index contributed by atoms with van der Waals surface area (Å²) in [6, 6.07) is 4.98. The number of rotatable bonds is 1. The molecular formula is C11H7BrClFN2O2. The maximum Gasteiger partial charge on any atom is 0.334 e. The van der Waals surface area contributed by atoms with E-state index in [1.54, 1.807) is 19.1 Å². The van der Waals surface area contributed by atoms with Crippen LogP contribution in [0.5, 0.6) is 0 Å². The lowest BCUT2D eigenvalue weighted by molar-refractivity contribution is 0.584. The van der Waals surface area contributed by atoms with Gasteiger partial charge in [-0.15, -0.1) is 0 Å². The molecule has 1 heterocycles. The minimum absolute atomic E-state index is 0.261. The summed E-state index contributed by atoms with van der Waals surface area (Å²) in [4.78, 5) is 25.5. The van der Waals surface area contributed by atoms with Crippen molar-refractivity contribution in [2.45, 2.75) is 6.92 Å². The molecule has 0 radical (unpaired) electrons. The molecule has 0 bridgehead atoms. The van der Waals surface area contributed by atoms with E-state index in [0.717, 1.165) is 5.56 Å². The molecule has 0 amide bonds. The fraction of sp³-hybridized carbons (Fsp3) is 0.0909. The molecule has 1 N–H and O–H groups in total. The molecule has 4 nitrogen and oxygen atoms in total. The van der Waals surface area contributed by atoms with Gasteiger partial charge in [-0.25, -0.2) is 9.36 Å². The Labute approximate surface area is 114 Å². The van der Waals surface area contributed by atoms with Gasteiger partial charge in [0.25, 0.3) is 5.56 Å². The predicted molar refractivity (Wildman–Crippen MR) is 70.1 cm³/mol. The lowest BCUT2D eigenvalue weighted by Crippen LogP contribution is -2.36. The van der Waals surface area contributed by atoms with Crippen LogP contribution in [-0.2, 0) is 0 Å². The first kappa shape index (κ1) is 13.0. The number of halogens is 3. The van der Waals surface area contributed by atoms with E-state index >= 15 is 0 Å². The van der Waals surface area contributed by atoms with Gasteiger partial charge < -0.3 is 0 Å². The number of nitrogens with one attached hydrogen (secondary N) is 1. The van der Waals surface area contributed by atoms with Gasteiger partial charge >= 0.3 is 5.69 Å². The molecule has 0 saturated carbocycles. The van der Waals surface area contributed by atoms with Crippen LogP contribution >= 0.6 is 27.5 Å². The van der Waals surface area contributed by atoms with Crippen LogP contribution in [0.1, 0.15) is 5.56 Å². The molecule has 1 aromatic carbocycles. The first-order chi connectivity index (χ1) is 8.43. The average molecular weight is 334 g/mol. The zero-order chi connectivity index (χ0) is 13.4. The standard InChI is InChI=1S/C11H7BrClFN2O2/c1-5-3-2-4-6(7(5)12)16-10(17)8(14)9(13)15-11(16)18/h2-4H,1H3,(H,15,18). The maximum absolute atomic E-state index is 13.4. The van der Waals surface area contributed by atoms with Gasteiger partial charge in [-0.1, -0.05) is 23.7 Å². The highest BCUT2D eigenvalue weighted by Gasteiger charge is 2.15. The van der Waals surface area contributed by atoms with Crippen LogP contribution in [0.15, 0.2) is 32.3 Å². The molecule has 7 heteroatoms. The molecule has 18 heavy (non-hydrogen) atoms. The molecular weight excluding hydrogens is 326 g/mol. The summed E-state index contributed by atoms with van der Waals surface area (Å²) in [5, 5.41) is -0.593. The molecule has 2 aromatic rings. The third-order valence-corrected chi connectivity index (χ3v) is 3.71. The first-order valence-electron chi connectivity index (χ1n) is 4.89. The Morgan fingerprint density at radius 2 is 2.06 bits per heavy atom.